The van der Waals surface area contributed by atoms with Crippen LogP contribution in [0.25, 0.3) is 0 Å². The maximum absolute atomic E-state index is 10.1. The summed E-state index contributed by atoms with van der Waals surface area (Å²) in [5.41, 5.74) is 6.77. The van der Waals surface area contributed by atoms with Crippen molar-refractivity contribution in [2.75, 3.05) is 0 Å². The number of hydrogen-bond donors (Lipinski definition) is 1. The number of rotatable bonds is 0. The van der Waals surface area contributed by atoms with Gasteiger partial charge >= 0.3 is 0 Å². The van der Waals surface area contributed by atoms with Crippen LogP contribution in [0.1, 0.15) is 48.1 Å². The van der Waals surface area contributed by atoms with Crippen LogP contribution >= 0.6 is 0 Å². The number of fused-ring (bicyclic) bond motifs is 1. The Morgan fingerprint density at radius 1 is 0.938 bits per heavy atom. The van der Waals surface area contributed by atoms with Crippen LogP contribution in [0.4, 0.5) is 0 Å². The van der Waals surface area contributed by atoms with Gasteiger partial charge in [-0.2, -0.15) is 0 Å². The summed E-state index contributed by atoms with van der Waals surface area (Å²) in [5, 5.41) is 10.1. The van der Waals surface area contributed by atoms with E-state index in [9.17, 15) is 5.11 Å². The van der Waals surface area contributed by atoms with Gasteiger partial charge in [-0.05, 0) is 73.3 Å². The van der Waals surface area contributed by atoms with Crippen LogP contribution in [0, 0.1) is 26.2 Å². The summed E-state index contributed by atoms with van der Waals surface area (Å²) < 4.78 is 0. The molecule has 1 heteroatoms. The summed E-state index contributed by atoms with van der Waals surface area (Å²) in [6.07, 6.45) is 3.49. The molecule has 88 valence electrons. The van der Waals surface area contributed by atoms with Crippen molar-refractivity contribution in [3.05, 3.63) is 27.8 Å². The van der Waals surface area contributed by atoms with E-state index in [2.05, 4.69) is 27.7 Å². The number of phenols is 1. The van der Waals surface area contributed by atoms with Crippen molar-refractivity contribution >= 4 is 0 Å². The van der Waals surface area contributed by atoms with Crippen molar-refractivity contribution in [3.63, 3.8) is 0 Å². The first-order valence-electron chi connectivity index (χ1n) is 6.14. The molecule has 1 aliphatic carbocycles. The number of phenolic OH excluding ortho intramolecular Hbond substituents is 1. The second-order valence-electron chi connectivity index (χ2n) is 6.02. The molecule has 0 saturated heterocycles. The van der Waals surface area contributed by atoms with Gasteiger partial charge in [0.1, 0.15) is 5.75 Å². The zero-order chi connectivity index (χ0) is 12.1. The Bertz CT molecular complexity index is 441. The smallest absolute Gasteiger partial charge is 0.121 e. The normalized spacial score (nSPS) is 18.3. The fraction of sp³-hybridized carbons (Fsp3) is 0.600. The third-order valence-electron chi connectivity index (χ3n) is 4.25. The SMILES string of the molecule is Cc1c(C)c2c(c(C)c1O)CCC(C)(C)C2. The highest BCUT2D eigenvalue weighted by atomic mass is 16.3. The quantitative estimate of drug-likeness (QED) is 0.701. The highest BCUT2D eigenvalue weighted by Crippen LogP contribution is 2.41. The molecule has 0 spiro atoms. The molecule has 1 nitrogen and oxygen atoms in total. The molecule has 0 atom stereocenters. The maximum Gasteiger partial charge on any atom is 0.121 e. The van der Waals surface area contributed by atoms with E-state index in [1.807, 2.05) is 6.92 Å². The Labute approximate surface area is 98.5 Å². The zero-order valence-corrected chi connectivity index (χ0v) is 11.1. The summed E-state index contributed by atoms with van der Waals surface area (Å²) in [7, 11) is 0. The van der Waals surface area contributed by atoms with E-state index in [0.717, 1.165) is 24.0 Å². The van der Waals surface area contributed by atoms with E-state index in [1.165, 1.54) is 23.1 Å². The third kappa shape index (κ3) is 1.63. The standard InChI is InChI=1S/C15H22O/c1-9-10(2)14(16)11(3)12-6-7-15(4,5)8-13(9)12/h16H,6-8H2,1-5H3. The van der Waals surface area contributed by atoms with Gasteiger partial charge in [0.25, 0.3) is 0 Å². The predicted octanol–water partition coefficient (Wildman–Crippen LogP) is 3.83. The summed E-state index contributed by atoms with van der Waals surface area (Å²) in [6, 6.07) is 0. The topological polar surface area (TPSA) is 20.2 Å². The molecule has 2 rings (SSSR count). The van der Waals surface area contributed by atoms with Gasteiger partial charge in [0, 0.05) is 0 Å². The molecule has 1 aliphatic rings. The minimum atomic E-state index is 0.410. The molecule has 1 aromatic carbocycles. The molecule has 0 amide bonds. The fourth-order valence-corrected chi connectivity index (χ4v) is 2.89. The molecule has 16 heavy (non-hydrogen) atoms. The second kappa shape index (κ2) is 3.51. The third-order valence-corrected chi connectivity index (χ3v) is 4.25. The lowest BCUT2D eigenvalue weighted by Crippen LogP contribution is -2.24. The first-order valence-corrected chi connectivity index (χ1v) is 6.14. The first kappa shape index (κ1) is 11.5. The Balaban J connectivity index is 2.65. The van der Waals surface area contributed by atoms with Gasteiger partial charge in [-0.15, -0.1) is 0 Å². The summed E-state index contributed by atoms with van der Waals surface area (Å²) in [4.78, 5) is 0. The Morgan fingerprint density at radius 3 is 2.19 bits per heavy atom. The maximum atomic E-state index is 10.1. The van der Waals surface area contributed by atoms with Crippen molar-refractivity contribution in [2.45, 2.75) is 53.9 Å². The van der Waals surface area contributed by atoms with Crippen LogP contribution < -0.4 is 0 Å². The van der Waals surface area contributed by atoms with Crippen molar-refractivity contribution < 1.29 is 5.11 Å². The van der Waals surface area contributed by atoms with Gasteiger partial charge in [-0.1, -0.05) is 13.8 Å². The highest BCUT2D eigenvalue weighted by Gasteiger charge is 2.29. The fourth-order valence-electron chi connectivity index (χ4n) is 2.89. The van der Waals surface area contributed by atoms with E-state index < -0.39 is 0 Å². The average molecular weight is 218 g/mol. The molecular formula is C15H22O. The van der Waals surface area contributed by atoms with Crippen molar-refractivity contribution in [2.24, 2.45) is 5.41 Å². The van der Waals surface area contributed by atoms with Crippen molar-refractivity contribution in [1.29, 1.82) is 0 Å². The monoisotopic (exact) mass is 218 g/mol. The summed E-state index contributed by atoms with van der Waals surface area (Å²) >= 11 is 0. The van der Waals surface area contributed by atoms with Gasteiger partial charge in [0.15, 0.2) is 0 Å². The van der Waals surface area contributed by atoms with E-state index in [-0.39, 0.29) is 0 Å². The van der Waals surface area contributed by atoms with Crippen LogP contribution in [0.2, 0.25) is 0 Å². The molecule has 0 bridgehead atoms. The first-order chi connectivity index (χ1) is 7.33. The Hall–Kier alpha value is -0.980. The highest BCUT2D eigenvalue weighted by molar-refractivity contribution is 5.54. The van der Waals surface area contributed by atoms with E-state index in [1.54, 1.807) is 0 Å². The van der Waals surface area contributed by atoms with E-state index >= 15 is 0 Å². The van der Waals surface area contributed by atoms with Crippen LogP contribution in [0.5, 0.6) is 5.75 Å². The summed E-state index contributed by atoms with van der Waals surface area (Å²) in [6.45, 7) is 10.9. The van der Waals surface area contributed by atoms with E-state index in [4.69, 9.17) is 0 Å². The molecule has 0 heterocycles. The second-order valence-corrected chi connectivity index (χ2v) is 6.02. The molecule has 0 fully saturated rings. The minimum absolute atomic E-state index is 0.410. The van der Waals surface area contributed by atoms with Gasteiger partial charge in [0.05, 0.1) is 0 Å². The Morgan fingerprint density at radius 2 is 1.56 bits per heavy atom. The van der Waals surface area contributed by atoms with Crippen LogP contribution in [0.3, 0.4) is 0 Å². The van der Waals surface area contributed by atoms with Crippen LogP contribution in [-0.2, 0) is 12.8 Å². The van der Waals surface area contributed by atoms with Crippen LogP contribution in [-0.4, -0.2) is 5.11 Å². The lowest BCUT2D eigenvalue weighted by Gasteiger charge is -2.34. The minimum Gasteiger partial charge on any atom is -0.507 e. The molecule has 1 N–H and O–H groups in total. The van der Waals surface area contributed by atoms with Crippen molar-refractivity contribution in [1.82, 2.24) is 0 Å². The molecule has 0 radical (unpaired) electrons. The van der Waals surface area contributed by atoms with Gasteiger partial charge in [-0.3, -0.25) is 0 Å². The van der Waals surface area contributed by atoms with Gasteiger partial charge < -0.3 is 5.11 Å². The molecule has 1 aromatic rings. The Kier molecular flexibility index (Phi) is 2.52. The van der Waals surface area contributed by atoms with Gasteiger partial charge in [-0.25, -0.2) is 0 Å². The molecule has 0 aromatic heterocycles. The van der Waals surface area contributed by atoms with Crippen molar-refractivity contribution in [3.8, 4) is 5.75 Å². The molecule has 0 saturated carbocycles. The lowest BCUT2D eigenvalue weighted by atomic mass is 9.71. The average Bonchev–Trinajstić information content (AvgIpc) is 2.22. The summed E-state index contributed by atoms with van der Waals surface area (Å²) in [5.74, 6) is 0.510. The zero-order valence-electron chi connectivity index (χ0n) is 11.1. The van der Waals surface area contributed by atoms with E-state index in [0.29, 0.717) is 11.2 Å². The molecule has 0 aliphatic heterocycles. The number of benzene rings is 1. The molecule has 0 unspecified atom stereocenters. The van der Waals surface area contributed by atoms with Crippen LogP contribution in [0.15, 0.2) is 0 Å². The predicted molar refractivity (Wildman–Crippen MR) is 68.1 cm³/mol. The van der Waals surface area contributed by atoms with Gasteiger partial charge in [0.2, 0.25) is 0 Å². The largest absolute Gasteiger partial charge is 0.507 e. The number of hydrogen-bond acceptors (Lipinski definition) is 1. The molecular weight excluding hydrogens is 196 g/mol. The number of aromatic hydroxyl groups is 1. The lowest BCUT2D eigenvalue weighted by molar-refractivity contribution is 0.313.